The van der Waals surface area contributed by atoms with Gasteiger partial charge in [0.2, 0.25) is 0 Å². The molecule has 2 rings (SSSR count). The molecule has 1 aromatic rings. The maximum absolute atomic E-state index is 5.77. The molecule has 1 aliphatic rings. The second-order valence-electron chi connectivity index (χ2n) is 3.51. The van der Waals surface area contributed by atoms with E-state index in [4.69, 9.17) is 5.73 Å². The summed E-state index contributed by atoms with van der Waals surface area (Å²) in [6.45, 7) is 2.11. The third-order valence-corrected chi connectivity index (χ3v) is 3.34. The lowest BCUT2D eigenvalue weighted by Crippen LogP contribution is -2.00. The predicted molar refractivity (Wildman–Crippen MR) is 54.2 cm³/mol. The molecule has 2 atom stereocenters. The zero-order chi connectivity index (χ0) is 8.72. The summed E-state index contributed by atoms with van der Waals surface area (Å²) in [5.74, 6) is 0.622. The van der Waals surface area contributed by atoms with Crippen LogP contribution in [0.25, 0.3) is 0 Å². The first-order valence-electron chi connectivity index (χ1n) is 4.20. The van der Waals surface area contributed by atoms with E-state index in [-0.39, 0.29) is 0 Å². The first-order valence-corrected chi connectivity index (χ1v) is 4.99. The number of hydrogen-bond acceptors (Lipinski definition) is 1. The molecule has 0 aromatic heterocycles. The maximum atomic E-state index is 5.77. The number of aryl methyl sites for hydroxylation is 1. The van der Waals surface area contributed by atoms with Gasteiger partial charge in [-0.05, 0) is 30.5 Å². The van der Waals surface area contributed by atoms with Crippen LogP contribution in [0.15, 0.2) is 22.7 Å². The van der Waals surface area contributed by atoms with E-state index in [0.29, 0.717) is 12.0 Å². The Morgan fingerprint density at radius 3 is 2.67 bits per heavy atom. The first-order chi connectivity index (χ1) is 5.68. The average Bonchev–Trinajstić information content (AvgIpc) is 2.73. The molecular weight excluding hydrogens is 214 g/mol. The lowest BCUT2D eigenvalue weighted by Gasteiger charge is -2.02. The number of halogens is 1. The Bertz CT molecular complexity index is 309. The molecule has 1 aliphatic carbocycles. The molecule has 0 saturated heterocycles. The molecule has 0 radical (unpaired) electrons. The fourth-order valence-corrected chi connectivity index (χ4v) is 1.74. The minimum atomic E-state index is 0.408. The van der Waals surface area contributed by atoms with Crippen LogP contribution in [0.5, 0.6) is 0 Å². The van der Waals surface area contributed by atoms with Crippen molar-refractivity contribution in [2.45, 2.75) is 25.3 Å². The van der Waals surface area contributed by atoms with Crippen molar-refractivity contribution in [1.29, 1.82) is 0 Å². The zero-order valence-electron chi connectivity index (χ0n) is 7.05. The van der Waals surface area contributed by atoms with E-state index < -0.39 is 0 Å². The van der Waals surface area contributed by atoms with Gasteiger partial charge in [-0.25, -0.2) is 0 Å². The summed E-state index contributed by atoms with van der Waals surface area (Å²) >= 11 is 3.48. The Morgan fingerprint density at radius 2 is 2.17 bits per heavy atom. The summed E-state index contributed by atoms with van der Waals surface area (Å²) in [4.78, 5) is 0. The number of benzene rings is 1. The van der Waals surface area contributed by atoms with Crippen LogP contribution in [0.1, 0.15) is 23.5 Å². The Labute approximate surface area is 81.1 Å². The molecule has 0 amide bonds. The van der Waals surface area contributed by atoms with Gasteiger partial charge in [0.15, 0.2) is 0 Å². The molecule has 12 heavy (non-hydrogen) atoms. The Balaban J connectivity index is 2.29. The molecule has 1 aromatic carbocycles. The lowest BCUT2D eigenvalue weighted by atomic mass is 10.1. The SMILES string of the molecule is Cc1cc(C2CC2N)ccc1Br. The van der Waals surface area contributed by atoms with E-state index in [1.165, 1.54) is 15.6 Å². The quantitative estimate of drug-likeness (QED) is 0.782. The van der Waals surface area contributed by atoms with Crippen molar-refractivity contribution in [3.8, 4) is 0 Å². The molecule has 64 valence electrons. The van der Waals surface area contributed by atoms with Crippen molar-refractivity contribution < 1.29 is 0 Å². The van der Waals surface area contributed by atoms with Crippen LogP contribution in [0.2, 0.25) is 0 Å². The molecule has 0 aliphatic heterocycles. The Hall–Kier alpha value is -0.340. The van der Waals surface area contributed by atoms with Crippen molar-refractivity contribution in [1.82, 2.24) is 0 Å². The van der Waals surface area contributed by atoms with Gasteiger partial charge in [0.05, 0.1) is 0 Å². The van der Waals surface area contributed by atoms with Crippen molar-refractivity contribution in [2.24, 2.45) is 5.73 Å². The van der Waals surface area contributed by atoms with E-state index in [1.54, 1.807) is 0 Å². The third-order valence-electron chi connectivity index (χ3n) is 2.45. The number of rotatable bonds is 1. The molecule has 2 unspecified atom stereocenters. The van der Waals surface area contributed by atoms with Gasteiger partial charge in [0.25, 0.3) is 0 Å². The summed E-state index contributed by atoms with van der Waals surface area (Å²) in [5, 5.41) is 0. The third kappa shape index (κ3) is 1.41. The van der Waals surface area contributed by atoms with Gasteiger partial charge in [-0.15, -0.1) is 0 Å². The number of hydrogen-bond donors (Lipinski definition) is 1. The summed E-state index contributed by atoms with van der Waals surface area (Å²) < 4.78 is 1.18. The van der Waals surface area contributed by atoms with Gasteiger partial charge in [0, 0.05) is 16.4 Å². The first kappa shape index (κ1) is 8.27. The molecule has 0 bridgehead atoms. The van der Waals surface area contributed by atoms with E-state index in [1.807, 2.05) is 0 Å². The largest absolute Gasteiger partial charge is 0.327 e. The molecule has 1 fully saturated rings. The summed E-state index contributed by atoms with van der Waals surface area (Å²) in [6, 6.07) is 6.90. The van der Waals surface area contributed by atoms with Crippen LogP contribution in [-0.2, 0) is 0 Å². The summed E-state index contributed by atoms with van der Waals surface area (Å²) in [6.07, 6.45) is 1.15. The standard InChI is InChI=1S/C10H12BrN/c1-6-4-7(2-3-9(6)11)8-5-10(8)12/h2-4,8,10H,5,12H2,1H3. The zero-order valence-corrected chi connectivity index (χ0v) is 8.64. The molecular formula is C10H12BrN. The van der Waals surface area contributed by atoms with Crippen LogP contribution >= 0.6 is 15.9 Å². The van der Waals surface area contributed by atoms with Gasteiger partial charge in [-0.3, -0.25) is 0 Å². The fourth-order valence-electron chi connectivity index (χ4n) is 1.50. The molecule has 0 spiro atoms. The topological polar surface area (TPSA) is 26.0 Å². The average molecular weight is 226 g/mol. The van der Waals surface area contributed by atoms with Crippen LogP contribution in [0, 0.1) is 6.92 Å². The molecule has 0 heterocycles. The van der Waals surface area contributed by atoms with Crippen LogP contribution in [0.4, 0.5) is 0 Å². The maximum Gasteiger partial charge on any atom is 0.0204 e. The highest BCUT2D eigenvalue weighted by atomic mass is 79.9. The Morgan fingerprint density at radius 1 is 1.50 bits per heavy atom. The van der Waals surface area contributed by atoms with Gasteiger partial charge < -0.3 is 5.73 Å². The van der Waals surface area contributed by atoms with Crippen molar-refractivity contribution in [3.63, 3.8) is 0 Å². The Kier molecular flexibility index (Phi) is 1.97. The summed E-state index contributed by atoms with van der Waals surface area (Å²) in [5.41, 5.74) is 8.46. The highest BCUT2D eigenvalue weighted by Crippen LogP contribution is 2.39. The van der Waals surface area contributed by atoms with Gasteiger partial charge in [-0.2, -0.15) is 0 Å². The predicted octanol–water partition coefficient (Wildman–Crippen LogP) is 2.57. The van der Waals surface area contributed by atoms with Gasteiger partial charge in [-0.1, -0.05) is 28.1 Å². The molecule has 2 N–H and O–H groups in total. The molecule has 1 nitrogen and oxygen atoms in total. The van der Waals surface area contributed by atoms with Crippen molar-refractivity contribution >= 4 is 15.9 Å². The smallest absolute Gasteiger partial charge is 0.0204 e. The normalized spacial score (nSPS) is 27.2. The summed E-state index contributed by atoms with van der Waals surface area (Å²) in [7, 11) is 0. The minimum absolute atomic E-state index is 0.408. The fraction of sp³-hybridized carbons (Fsp3) is 0.400. The van der Waals surface area contributed by atoms with E-state index in [9.17, 15) is 0 Å². The number of nitrogens with two attached hydrogens (primary N) is 1. The van der Waals surface area contributed by atoms with Crippen molar-refractivity contribution in [3.05, 3.63) is 33.8 Å². The second-order valence-corrected chi connectivity index (χ2v) is 4.37. The molecule has 1 saturated carbocycles. The lowest BCUT2D eigenvalue weighted by molar-refractivity contribution is 0.988. The van der Waals surface area contributed by atoms with Gasteiger partial charge in [0.1, 0.15) is 0 Å². The monoisotopic (exact) mass is 225 g/mol. The van der Waals surface area contributed by atoms with Crippen LogP contribution < -0.4 is 5.73 Å². The second kappa shape index (κ2) is 2.86. The highest BCUT2D eigenvalue weighted by Gasteiger charge is 2.34. The van der Waals surface area contributed by atoms with E-state index >= 15 is 0 Å². The molecule has 2 heteroatoms. The van der Waals surface area contributed by atoms with Crippen LogP contribution in [-0.4, -0.2) is 6.04 Å². The van der Waals surface area contributed by atoms with Gasteiger partial charge >= 0.3 is 0 Å². The van der Waals surface area contributed by atoms with E-state index in [0.717, 1.165) is 6.42 Å². The van der Waals surface area contributed by atoms with E-state index in [2.05, 4.69) is 41.1 Å². The minimum Gasteiger partial charge on any atom is -0.327 e. The van der Waals surface area contributed by atoms with Crippen LogP contribution in [0.3, 0.4) is 0 Å². The highest BCUT2D eigenvalue weighted by molar-refractivity contribution is 9.10. The van der Waals surface area contributed by atoms with Crippen molar-refractivity contribution in [2.75, 3.05) is 0 Å².